The van der Waals surface area contributed by atoms with Crippen LogP contribution < -0.4 is 16.0 Å². The number of piperazine rings is 1. The molecule has 1 aliphatic heterocycles. The molecule has 7 heteroatoms. The lowest BCUT2D eigenvalue weighted by molar-refractivity contribution is -0.112. The van der Waals surface area contributed by atoms with E-state index in [4.69, 9.17) is 0 Å². The van der Waals surface area contributed by atoms with E-state index in [-0.39, 0.29) is 5.57 Å². The van der Waals surface area contributed by atoms with Crippen LogP contribution in [0.3, 0.4) is 0 Å². The van der Waals surface area contributed by atoms with Gasteiger partial charge in [0.05, 0.1) is 5.69 Å². The van der Waals surface area contributed by atoms with Gasteiger partial charge >= 0.3 is 0 Å². The van der Waals surface area contributed by atoms with Gasteiger partial charge < -0.3 is 16.0 Å². The molecule has 1 heterocycles. The number of carbonyl (C=O) groups is 1. The summed E-state index contributed by atoms with van der Waals surface area (Å²) in [5, 5.41) is 18.7. The van der Waals surface area contributed by atoms with Gasteiger partial charge in [0.25, 0.3) is 5.91 Å². The number of nitrogens with zero attached hydrogens (tertiary/aromatic N) is 2. The summed E-state index contributed by atoms with van der Waals surface area (Å²) >= 11 is 1.57. The maximum Gasteiger partial charge on any atom is 0.267 e. The van der Waals surface area contributed by atoms with Gasteiger partial charge in [0.2, 0.25) is 0 Å². The van der Waals surface area contributed by atoms with Gasteiger partial charge in [-0.15, -0.1) is 0 Å². The van der Waals surface area contributed by atoms with Crippen molar-refractivity contribution in [2.45, 2.75) is 9.79 Å². The Hall–Kier alpha value is -2.79. The van der Waals surface area contributed by atoms with E-state index in [1.165, 1.54) is 6.20 Å². The fourth-order valence-corrected chi connectivity index (χ4v) is 3.87. The minimum atomic E-state index is -0.414. The molecule has 1 aliphatic rings. The van der Waals surface area contributed by atoms with Crippen molar-refractivity contribution in [2.75, 3.05) is 44.6 Å². The molecule has 0 bridgehead atoms. The molecule has 150 valence electrons. The number of para-hydroxylation sites is 1. The van der Waals surface area contributed by atoms with Crippen LogP contribution in [0, 0.1) is 11.3 Å². The highest BCUT2D eigenvalue weighted by atomic mass is 32.2. The van der Waals surface area contributed by atoms with Crippen molar-refractivity contribution in [3.8, 4) is 6.07 Å². The van der Waals surface area contributed by atoms with Crippen molar-refractivity contribution in [2.24, 2.45) is 0 Å². The topological polar surface area (TPSA) is 80.2 Å². The van der Waals surface area contributed by atoms with E-state index in [1.54, 1.807) is 11.8 Å². The minimum Gasteiger partial charge on any atom is -0.388 e. The molecule has 0 saturated carbocycles. The van der Waals surface area contributed by atoms with Gasteiger partial charge in [0, 0.05) is 55.3 Å². The predicted octanol–water partition coefficient (Wildman–Crippen LogP) is 2.68. The number of benzene rings is 2. The van der Waals surface area contributed by atoms with Crippen LogP contribution in [0.5, 0.6) is 0 Å². The SMILES string of the molecule is N#C/C(=C/NCCN1CCNCC1)C(=O)Nc1ccccc1Sc1ccccc1. The third-order valence-corrected chi connectivity index (χ3v) is 5.58. The van der Waals surface area contributed by atoms with Crippen molar-refractivity contribution < 1.29 is 4.79 Å². The quantitative estimate of drug-likeness (QED) is 0.355. The summed E-state index contributed by atoms with van der Waals surface area (Å²) < 4.78 is 0. The number of hydrogen-bond acceptors (Lipinski definition) is 6. The first-order valence-electron chi connectivity index (χ1n) is 9.66. The first-order chi connectivity index (χ1) is 14.3. The van der Waals surface area contributed by atoms with Crippen molar-refractivity contribution in [3.05, 3.63) is 66.4 Å². The number of rotatable bonds is 8. The molecule has 3 N–H and O–H groups in total. The van der Waals surface area contributed by atoms with Gasteiger partial charge in [0.15, 0.2) is 0 Å². The number of anilines is 1. The summed E-state index contributed by atoms with van der Waals surface area (Å²) in [6.45, 7) is 5.62. The van der Waals surface area contributed by atoms with E-state index in [0.717, 1.165) is 42.5 Å². The summed E-state index contributed by atoms with van der Waals surface area (Å²) in [4.78, 5) is 16.9. The lowest BCUT2D eigenvalue weighted by Crippen LogP contribution is -2.45. The highest BCUT2D eigenvalue weighted by molar-refractivity contribution is 7.99. The molecule has 2 aromatic carbocycles. The number of carbonyl (C=O) groups excluding carboxylic acids is 1. The van der Waals surface area contributed by atoms with Crippen molar-refractivity contribution >= 4 is 23.4 Å². The lowest BCUT2D eigenvalue weighted by atomic mass is 10.2. The van der Waals surface area contributed by atoms with E-state index in [2.05, 4.69) is 20.9 Å². The van der Waals surface area contributed by atoms with Gasteiger partial charge in [-0.1, -0.05) is 42.1 Å². The zero-order valence-electron chi connectivity index (χ0n) is 16.2. The highest BCUT2D eigenvalue weighted by Crippen LogP contribution is 2.33. The van der Waals surface area contributed by atoms with Gasteiger partial charge in [-0.2, -0.15) is 5.26 Å². The van der Waals surface area contributed by atoms with Gasteiger partial charge in [-0.05, 0) is 24.3 Å². The van der Waals surface area contributed by atoms with Crippen molar-refractivity contribution in [1.82, 2.24) is 15.5 Å². The average Bonchev–Trinajstić information content (AvgIpc) is 2.76. The van der Waals surface area contributed by atoms with Crippen molar-refractivity contribution in [1.29, 1.82) is 5.26 Å². The number of amides is 1. The predicted molar refractivity (Wildman–Crippen MR) is 117 cm³/mol. The smallest absolute Gasteiger partial charge is 0.267 e. The maximum atomic E-state index is 12.6. The molecule has 1 saturated heterocycles. The van der Waals surface area contributed by atoms with E-state index in [1.807, 2.05) is 60.7 Å². The number of nitriles is 1. The third-order valence-electron chi connectivity index (χ3n) is 4.50. The van der Waals surface area contributed by atoms with Crippen molar-refractivity contribution in [3.63, 3.8) is 0 Å². The standard InChI is InChI=1S/C22H25N5OS/c23-16-18(17-25-12-15-27-13-10-24-11-14-27)22(28)26-20-8-4-5-9-21(20)29-19-6-2-1-3-7-19/h1-9,17,24-25H,10-15H2,(H,26,28)/b18-17-. The fraction of sp³-hybridized carbons (Fsp3) is 0.273. The summed E-state index contributed by atoms with van der Waals surface area (Å²) in [6, 6.07) is 19.5. The van der Waals surface area contributed by atoms with E-state index >= 15 is 0 Å². The van der Waals surface area contributed by atoms with Crippen LogP contribution in [0.15, 0.2) is 76.2 Å². The molecule has 0 atom stereocenters. The first-order valence-corrected chi connectivity index (χ1v) is 10.5. The van der Waals surface area contributed by atoms with Crippen LogP contribution in [0.2, 0.25) is 0 Å². The van der Waals surface area contributed by atoms with E-state index in [9.17, 15) is 10.1 Å². The Bertz CT molecular complexity index is 872. The molecule has 6 nitrogen and oxygen atoms in total. The lowest BCUT2D eigenvalue weighted by Gasteiger charge is -2.26. The Balaban J connectivity index is 1.57. The Kier molecular flexibility index (Phi) is 8.13. The van der Waals surface area contributed by atoms with Crippen LogP contribution in [0.25, 0.3) is 0 Å². The average molecular weight is 408 g/mol. The molecule has 2 aromatic rings. The molecule has 1 fully saturated rings. The van der Waals surface area contributed by atoms with E-state index in [0.29, 0.717) is 12.2 Å². The van der Waals surface area contributed by atoms with E-state index < -0.39 is 5.91 Å². The third kappa shape index (κ3) is 6.64. The molecule has 0 aliphatic carbocycles. The minimum absolute atomic E-state index is 0.0600. The molecule has 29 heavy (non-hydrogen) atoms. The van der Waals surface area contributed by atoms with Gasteiger partial charge in [-0.3, -0.25) is 9.69 Å². The molecule has 0 spiro atoms. The summed E-state index contributed by atoms with van der Waals surface area (Å²) in [5.74, 6) is -0.414. The zero-order chi connectivity index (χ0) is 20.3. The van der Waals surface area contributed by atoms with Gasteiger partial charge in [-0.25, -0.2) is 0 Å². The van der Waals surface area contributed by atoms with Crippen LogP contribution in [0.4, 0.5) is 5.69 Å². The van der Waals surface area contributed by atoms with Crippen LogP contribution >= 0.6 is 11.8 Å². The summed E-state index contributed by atoms with van der Waals surface area (Å²) in [5.41, 5.74) is 0.748. The van der Waals surface area contributed by atoms with Crippen LogP contribution in [-0.4, -0.2) is 50.1 Å². The Morgan fingerprint density at radius 1 is 1.14 bits per heavy atom. The number of nitrogens with one attached hydrogen (secondary N) is 3. The van der Waals surface area contributed by atoms with Gasteiger partial charge in [0.1, 0.15) is 11.6 Å². The van der Waals surface area contributed by atoms with Crippen LogP contribution in [0.1, 0.15) is 0 Å². The first kappa shape index (κ1) is 20.9. The molecule has 0 aromatic heterocycles. The molecule has 0 unspecified atom stereocenters. The summed E-state index contributed by atoms with van der Waals surface area (Å²) in [7, 11) is 0. The zero-order valence-corrected chi connectivity index (χ0v) is 17.0. The fourth-order valence-electron chi connectivity index (χ4n) is 2.94. The highest BCUT2D eigenvalue weighted by Gasteiger charge is 2.13. The second-order valence-corrected chi connectivity index (χ2v) is 7.70. The maximum absolute atomic E-state index is 12.6. The second-order valence-electron chi connectivity index (χ2n) is 6.58. The largest absolute Gasteiger partial charge is 0.388 e. The normalized spacial score (nSPS) is 14.8. The Labute approximate surface area is 176 Å². The monoisotopic (exact) mass is 407 g/mol. The molecule has 0 radical (unpaired) electrons. The second kappa shape index (κ2) is 11.3. The number of hydrogen-bond donors (Lipinski definition) is 3. The molecule has 1 amide bonds. The Morgan fingerprint density at radius 2 is 1.86 bits per heavy atom. The van der Waals surface area contributed by atoms with Crippen LogP contribution in [-0.2, 0) is 4.79 Å². The summed E-state index contributed by atoms with van der Waals surface area (Å²) in [6.07, 6.45) is 1.50. The molecular formula is C22H25N5OS. The molecule has 3 rings (SSSR count). The molecular weight excluding hydrogens is 382 g/mol. The Morgan fingerprint density at radius 3 is 2.62 bits per heavy atom.